The van der Waals surface area contributed by atoms with Crippen molar-refractivity contribution in [2.24, 2.45) is 11.5 Å². The molecule has 4 heteroatoms. The summed E-state index contributed by atoms with van der Waals surface area (Å²) >= 11 is 0. The highest BCUT2D eigenvalue weighted by Gasteiger charge is 1.93. The van der Waals surface area contributed by atoms with Gasteiger partial charge in [0.05, 0.1) is 0 Å². The fraction of sp³-hybridized carbons (Fsp3) is 0. The Bertz CT molecular complexity index is 161. The number of hydrogen-bond acceptors (Lipinski definition) is 3. The molecule has 0 saturated heterocycles. The van der Waals surface area contributed by atoms with E-state index in [0.717, 1.165) is 6.20 Å². The molecule has 0 fully saturated rings. The number of hydrogen-bond donors (Lipinski definition) is 3. The zero-order valence-corrected chi connectivity index (χ0v) is 4.18. The highest BCUT2D eigenvalue weighted by molar-refractivity contribution is 5.97. The Morgan fingerprint density at radius 1 is 1.75 bits per heavy atom. The maximum absolute atomic E-state index is 8.08. The number of nitrogens with two attached hydrogens (primary N) is 2. The molecule has 0 aliphatic heterocycles. The van der Waals surface area contributed by atoms with Crippen LogP contribution in [0.1, 0.15) is 0 Å². The molecule has 0 atom stereocenters. The van der Waals surface area contributed by atoms with E-state index in [9.17, 15) is 0 Å². The van der Waals surface area contributed by atoms with Gasteiger partial charge >= 0.3 is 0 Å². The monoisotopic (exact) mass is 110 g/mol. The van der Waals surface area contributed by atoms with Gasteiger partial charge in [0.2, 0.25) is 0 Å². The lowest BCUT2D eigenvalue weighted by Crippen LogP contribution is -2.12. The largest absolute Gasteiger partial charge is 0.403 e. The van der Waals surface area contributed by atoms with Gasteiger partial charge in [0.15, 0.2) is 0 Å². The lowest BCUT2D eigenvalue weighted by Gasteiger charge is -1.86. The smallest absolute Gasteiger partial charge is 0.135 e. The van der Waals surface area contributed by atoms with Crippen LogP contribution in [0.4, 0.5) is 0 Å². The summed E-state index contributed by atoms with van der Waals surface area (Å²) in [5.41, 5.74) is 9.75. The summed E-state index contributed by atoms with van der Waals surface area (Å²) in [6.07, 6.45) is 1.00. The number of nitrogens with zero attached hydrogens (tertiary/aromatic N) is 1. The van der Waals surface area contributed by atoms with Crippen LogP contribution in [0.5, 0.6) is 0 Å². The third kappa shape index (κ3) is 1.30. The molecule has 0 spiro atoms. The van der Waals surface area contributed by atoms with Crippen LogP contribution in [0.3, 0.4) is 0 Å². The molecule has 0 aliphatic rings. The molecule has 0 radical (unpaired) electrons. The first-order chi connectivity index (χ1) is 3.72. The predicted molar refractivity (Wildman–Crippen MR) is 29.8 cm³/mol. The van der Waals surface area contributed by atoms with Crippen LogP contribution in [-0.4, -0.2) is 5.84 Å². The maximum Gasteiger partial charge on any atom is 0.135 e. The molecule has 0 amide bonds. The lowest BCUT2D eigenvalue weighted by atomic mass is 10.3. The topological polar surface area (TPSA) is 99.7 Å². The molecule has 0 aromatic rings. The van der Waals surface area contributed by atoms with Crippen LogP contribution < -0.4 is 11.5 Å². The first kappa shape index (κ1) is 6.50. The average Bonchev–Trinajstić information content (AvgIpc) is 1.69. The molecule has 42 valence electrons. The van der Waals surface area contributed by atoms with E-state index in [0.29, 0.717) is 0 Å². The first-order valence-electron chi connectivity index (χ1n) is 1.88. The molecular formula is C4H6N4. The third-order valence-electron chi connectivity index (χ3n) is 0.577. The van der Waals surface area contributed by atoms with E-state index in [2.05, 4.69) is 0 Å². The summed E-state index contributed by atoms with van der Waals surface area (Å²) in [5, 5.41) is 14.7. The normalized spacial score (nSPS) is 10.1. The molecular weight excluding hydrogens is 104 g/mol. The second-order valence-electron chi connectivity index (χ2n) is 1.11. The molecule has 0 bridgehead atoms. The number of amidine groups is 1. The fourth-order valence-corrected chi connectivity index (χ4v) is 0.187. The zero-order valence-electron chi connectivity index (χ0n) is 4.18. The van der Waals surface area contributed by atoms with Crippen LogP contribution >= 0.6 is 0 Å². The van der Waals surface area contributed by atoms with E-state index in [1.54, 1.807) is 6.07 Å². The van der Waals surface area contributed by atoms with Gasteiger partial charge in [-0.3, -0.25) is 5.41 Å². The van der Waals surface area contributed by atoms with Crippen molar-refractivity contribution in [1.29, 1.82) is 10.7 Å². The Labute approximate surface area is 46.9 Å². The zero-order chi connectivity index (χ0) is 6.57. The Hall–Kier alpha value is -1.50. The second-order valence-corrected chi connectivity index (χ2v) is 1.11. The van der Waals surface area contributed by atoms with Crippen molar-refractivity contribution in [3.05, 3.63) is 11.8 Å². The highest BCUT2D eigenvalue weighted by atomic mass is 14.7. The molecule has 0 aromatic heterocycles. The molecule has 0 aliphatic carbocycles. The molecule has 0 rings (SSSR count). The Balaban J connectivity index is 4.20. The van der Waals surface area contributed by atoms with Gasteiger partial charge in [-0.05, 0) is 0 Å². The summed E-state index contributed by atoms with van der Waals surface area (Å²) in [4.78, 5) is 0. The van der Waals surface area contributed by atoms with Crippen molar-refractivity contribution < 1.29 is 0 Å². The number of nitrogens with one attached hydrogen (secondary N) is 1. The Morgan fingerprint density at radius 2 is 2.25 bits per heavy atom. The molecule has 8 heavy (non-hydrogen) atoms. The highest BCUT2D eigenvalue weighted by Crippen LogP contribution is 1.83. The van der Waals surface area contributed by atoms with E-state index in [-0.39, 0.29) is 11.4 Å². The van der Waals surface area contributed by atoms with Gasteiger partial charge in [0.1, 0.15) is 17.5 Å². The van der Waals surface area contributed by atoms with Crippen LogP contribution in [0.25, 0.3) is 0 Å². The van der Waals surface area contributed by atoms with Gasteiger partial charge < -0.3 is 11.5 Å². The molecule has 0 unspecified atom stereocenters. The number of rotatable bonds is 1. The van der Waals surface area contributed by atoms with Crippen LogP contribution in [-0.2, 0) is 0 Å². The predicted octanol–water partition coefficient (Wildman–Crippen LogP) is -0.711. The van der Waals surface area contributed by atoms with Crippen molar-refractivity contribution in [3.8, 4) is 6.07 Å². The lowest BCUT2D eigenvalue weighted by molar-refractivity contribution is 1.40. The van der Waals surface area contributed by atoms with Gasteiger partial charge in [-0.15, -0.1) is 0 Å². The minimum Gasteiger partial charge on any atom is -0.403 e. The van der Waals surface area contributed by atoms with E-state index in [1.807, 2.05) is 0 Å². The molecule has 0 heterocycles. The summed E-state index contributed by atoms with van der Waals surface area (Å²) < 4.78 is 0. The van der Waals surface area contributed by atoms with Gasteiger partial charge in [-0.1, -0.05) is 0 Å². The van der Waals surface area contributed by atoms with Crippen LogP contribution in [0.2, 0.25) is 0 Å². The van der Waals surface area contributed by atoms with Crippen molar-refractivity contribution in [2.45, 2.75) is 0 Å². The molecule has 4 nitrogen and oxygen atoms in total. The third-order valence-corrected chi connectivity index (χ3v) is 0.577. The van der Waals surface area contributed by atoms with Gasteiger partial charge in [0, 0.05) is 6.20 Å². The van der Waals surface area contributed by atoms with E-state index < -0.39 is 0 Å². The van der Waals surface area contributed by atoms with Crippen LogP contribution in [0.15, 0.2) is 11.8 Å². The molecule has 0 saturated carbocycles. The van der Waals surface area contributed by atoms with Gasteiger partial charge in [0.25, 0.3) is 0 Å². The van der Waals surface area contributed by atoms with E-state index in [1.165, 1.54) is 0 Å². The average molecular weight is 110 g/mol. The summed E-state index contributed by atoms with van der Waals surface area (Å²) in [6, 6.07) is 1.64. The van der Waals surface area contributed by atoms with Gasteiger partial charge in [-0.25, -0.2) is 0 Å². The van der Waals surface area contributed by atoms with Crippen LogP contribution in [0, 0.1) is 16.7 Å². The minimum atomic E-state index is -0.296. The van der Waals surface area contributed by atoms with E-state index >= 15 is 0 Å². The van der Waals surface area contributed by atoms with Crippen molar-refractivity contribution in [3.63, 3.8) is 0 Å². The van der Waals surface area contributed by atoms with E-state index in [4.69, 9.17) is 22.1 Å². The van der Waals surface area contributed by atoms with Crippen molar-refractivity contribution in [2.75, 3.05) is 0 Å². The quantitative estimate of drug-likeness (QED) is 0.236. The maximum atomic E-state index is 8.08. The summed E-state index contributed by atoms with van der Waals surface area (Å²) in [7, 11) is 0. The number of nitriles is 1. The molecule has 0 aromatic carbocycles. The fourth-order valence-electron chi connectivity index (χ4n) is 0.187. The Morgan fingerprint density at radius 3 is 2.25 bits per heavy atom. The van der Waals surface area contributed by atoms with Crippen molar-refractivity contribution >= 4 is 5.84 Å². The summed E-state index contributed by atoms with van der Waals surface area (Å²) in [6.45, 7) is 0. The minimum absolute atomic E-state index is 0.00463. The Kier molecular flexibility index (Phi) is 2.14. The summed E-state index contributed by atoms with van der Waals surface area (Å²) in [5.74, 6) is -0.296. The van der Waals surface area contributed by atoms with Crippen molar-refractivity contribution in [1.82, 2.24) is 0 Å². The first-order valence-corrected chi connectivity index (χ1v) is 1.88. The second kappa shape index (κ2) is 2.64. The standard InChI is InChI=1S/C4H6N4/c5-1-3(2-6)4(7)8/h1H,5H2,(H3,7,8). The van der Waals surface area contributed by atoms with Gasteiger partial charge in [-0.2, -0.15) is 5.26 Å². The molecule has 5 N–H and O–H groups in total. The SMILES string of the molecule is N#CC(=CN)C(=N)N.